The highest BCUT2D eigenvalue weighted by Gasteiger charge is 2.25. The second kappa shape index (κ2) is 8.92. The van der Waals surface area contributed by atoms with Crippen LogP contribution in [0.4, 0.5) is 0 Å². The summed E-state index contributed by atoms with van der Waals surface area (Å²) in [6, 6.07) is 3.07. The highest BCUT2D eigenvalue weighted by atomic mass is 35.5. The van der Waals surface area contributed by atoms with Gasteiger partial charge in [-0.1, -0.05) is 23.2 Å². The number of hydrogen-bond acceptors (Lipinski definition) is 6. The predicted molar refractivity (Wildman–Crippen MR) is 101 cm³/mol. The number of aromatic nitrogens is 1. The number of pyridine rings is 1. The molecule has 1 aromatic carbocycles. The van der Waals surface area contributed by atoms with Crippen molar-refractivity contribution in [2.45, 2.75) is 19.4 Å². The minimum absolute atomic E-state index is 0.0504. The van der Waals surface area contributed by atoms with Crippen molar-refractivity contribution in [3.63, 3.8) is 0 Å². The monoisotopic (exact) mass is 412 g/mol. The number of carbonyl (C=O) groups excluding carboxylic acids is 2. The highest BCUT2D eigenvalue weighted by molar-refractivity contribution is 6.36. The van der Waals surface area contributed by atoms with E-state index >= 15 is 0 Å². The van der Waals surface area contributed by atoms with Crippen LogP contribution in [0, 0.1) is 0 Å². The van der Waals surface area contributed by atoms with E-state index < -0.39 is 12.0 Å². The summed E-state index contributed by atoms with van der Waals surface area (Å²) in [5.74, 6) is -0.491. The standard InChI is InChI=1S/C18H18Cl2N2O5/c1-9(18(21)24)27-16-10(4-5-15(25-2)17(16)26-3)14(23)6-11-12(19)7-22-8-13(11)20/h4-5,7-9H,6H2,1-3H3,(H2,21,24). The number of ketones is 1. The van der Waals surface area contributed by atoms with E-state index in [0.29, 0.717) is 11.3 Å². The van der Waals surface area contributed by atoms with E-state index in [-0.39, 0.29) is 39.3 Å². The van der Waals surface area contributed by atoms with Gasteiger partial charge in [-0.25, -0.2) is 0 Å². The lowest BCUT2D eigenvalue weighted by Crippen LogP contribution is -2.31. The van der Waals surface area contributed by atoms with Crippen LogP contribution in [-0.2, 0) is 11.2 Å². The lowest BCUT2D eigenvalue weighted by molar-refractivity contribution is -0.124. The number of halogens is 2. The maximum Gasteiger partial charge on any atom is 0.258 e. The summed E-state index contributed by atoms with van der Waals surface area (Å²) in [7, 11) is 2.83. The maximum atomic E-state index is 12.9. The summed E-state index contributed by atoms with van der Waals surface area (Å²) in [6.07, 6.45) is 1.71. The van der Waals surface area contributed by atoms with E-state index in [1.54, 1.807) is 6.07 Å². The summed E-state index contributed by atoms with van der Waals surface area (Å²) in [5, 5.41) is 0.536. The van der Waals surface area contributed by atoms with Crippen LogP contribution >= 0.6 is 23.2 Å². The molecule has 0 aliphatic heterocycles. The Morgan fingerprint density at radius 2 is 1.74 bits per heavy atom. The molecule has 27 heavy (non-hydrogen) atoms. The zero-order chi connectivity index (χ0) is 20.1. The number of hydrogen-bond donors (Lipinski definition) is 1. The fourth-order valence-corrected chi connectivity index (χ4v) is 2.83. The largest absolute Gasteiger partial charge is 0.493 e. The molecule has 144 valence electrons. The van der Waals surface area contributed by atoms with Crippen LogP contribution in [0.2, 0.25) is 10.0 Å². The van der Waals surface area contributed by atoms with Crippen molar-refractivity contribution in [3.8, 4) is 17.2 Å². The fourth-order valence-electron chi connectivity index (χ4n) is 2.33. The molecule has 1 aromatic heterocycles. The molecule has 2 rings (SSSR count). The summed E-state index contributed by atoms with van der Waals surface area (Å²) >= 11 is 12.2. The molecule has 0 fully saturated rings. The number of ether oxygens (including phenoxy) is 3. The Morgan fingerprint density at radius 1 is 1.11 bits per heavy atom. The van der Waals surface area contributed by atoms with Crippen molar-refractivity contribution in [1.82, 2.24) is 4.98 Å². The Morgan fingerprint density at radius 3 is 2.26 bits per heavy atom. The predicted octanol–water partition coefficient (Wildman–Crippen LogP) is 3.08. The van der Waals surface area contributed by atoms with Crippen LogP contribution < -0.4 is 19.9 Å². The Labute approximate surface area is 166 Å². The molecule has 1 heterocycles. The van der Waals surface area contributed by atoms with Gasteiger partial charge in [-0.2, -0.15) is 0 Å². The van der Waals surface area contributed by atoms with Crippen molar-refractivity contribution in [3.05, 3.63) is 45.7 Å². The molecule has 0 bridgehead atoms. The lowest BCUT2D eigenvalue weighted by Gasteiger charge is -2.19. The lowest BCUT2D eigenvalue weighted by atomic mass is 10.0. The molecule has 1 unspecified atom stereocenters. The molecular weight excluding hydrogens is 395 g/mol. The topological polar surface area (TPSA) is 101 Å². The maximum absolute atomic E-state index is 12.9. The van der Waals surface area contributed by atoms with Gasteiger partial charge in [0.1, 0.15) is 0 Å². The van der Waals surface area contributed by atoms with E-state index in [0.717, 1.165) is 0 Å². The summed E-state index contributed by atoms with van der Waals surface area (Å²) in [5.41, 5.74) is 5.88. The minimum Gasteiger partial charge on any atom is -0.493 e. The SMILES string of the molecule is COc1ccc(C(=O)Cc2c(Cl)cncc2Cl)c(OC(C)C(N)=O)c1OC. The molecule has 2 N–H and O–H groups in total. The average Bonchev–Trinajstić information content (AvgIpc) is 2.63. The van der Waals surface area contributed by atoms with Crippen LogP contribution in [0.3, 0.4) is 0 Å². The number of Topliss-reactive ketones (excluding diaryl/α,β-unsaturated/α-hetero) is 1. The van der Waals surface area contributed by atoms with Crippen molar-refractivity contribution in [1.29, 1.82) is 0 Å². The summed E-state index contributed by atoms with van der Waals surface area (Å²) < 4.78 is 16.2. The van der Waals surface area contributed by atoms with Crippen molar-refractivity contribution < 1.29 is 23.8 Å². The number of nitrogens with zero attached hydrogens (tertiary/aromatic N) is 1. The van der Waals surface area contributed by atoms with Gasteiger partial charge in [0.15, 0.2) is 23.4 Å². The number of nitrogens with two attached hydrogens (primary N) is 1. The van der Waals surface area contributed by atoms with Crippen molar-refractivity contribution in [2.24, 2.45) is 5.73 Å². The van der Waals surface area contributed by atoms with Crippen LogP contribution in [0.15, 0.2) is 24.5 Å². The van der Waals surface area contributed by atoms with E-state index in [4.69, 9.17) is 43.1 Å². The zero-order valence-corrected chi connectivity index (χ0v) is 16.4. The molecule has 7 nitrogen and oxygen atoms in total. The molecule has 0 aliphatic rings. The Balaban J connectivity index is 2.51. The average molecular weight is 413 g/mol. The van der Waals surface area contributed by atoms with Crippen LogP contribution in [0.5, 0.6) is 17.2 Å². The fraction of sp³-hybridized carbons (Fsp3) is 0.278. The Kier molecular flexibility index (Phi) is 6.87. The first kappa shape index (κ1) is 20.8. The number of primary amides is 1. The third-order valence-electron chi connectivity index (χ3n) is 3.79. The summed E-state index contributed by atoms with van der Waals surface area (Å²) in [4.78, 5) is 28.2. The molecule has 0 spiro atoms. The molecule has 1 amide bonds. The van der Waals surface area contributed by atoms with Crippen LogP contribution in [0.25, 0.3) is 0 Å². The summed E-state index contributed by atoms with van der Waals surface area (Å²) in [6.45, 7) is 1.46. The van der Waals surface area contributed by atoms with Crippen molar-refractivity contribution >= 4 is 34.9 Å². The van der Waals surface area contributed by atoms with Gasteiger partial charge in [-0.15, -0.1) is 0 Å². The van der Waals surface area contributed by atoms with Gasteiger partial charge in [-0.05, 0) is 19.1 Å². The first-order chi connectivity index (χ1) is 12.8. The smallest absolute Gasteiger partial charge is 0.258 e. The van der Waals surface area contributed by atoms with Crippen LogP contribution in [-0.4, -0.2) is 37.0 Å². The van der Waals surface area contributed by atoms with Gasteiger partial charge >= 0.3 is 0 Å². The molecule has 0 aliphatic carbocycles. The van der Waals surface area contributed by atoms with E-state index in [1.807, 2.05) is 0 Å². The Bertz CT molecular complexity index is 853. The Hall–Kier alpha value is -2.51. The molecule has 0 saturated heterocycles. The quantitative estimate of drug-likeness (QED) is 0.668. The number of amides is 1. The minimum atomic E-state index is -0.995. The van der Waals surface area contributed by atoms with E-state index in [2.05, 4.69) is 4.98 Å². The van der Waals surface area contributed by atoms with E-state index in [9.17, 15) is 9.59 Å². The van der Waals surface area contributed by atoms with E-state index in [1.165, 1.54) is 39.6 Å². The van der Waals surface area contributed by atoms with Gasteiger partial charge < -0.3 is 19.9 Å². The van der Waals surface area contributed by atoms with Gasteiger partial charge in [0, 0.05) is 24.4 Å². The van der Waals surface area contributed by atoms with Gasteiger partial charge in [0.2, 0.25) is 5.75 Å². The van der Waals surface area contributed by atoms with Crippen LogP contribution in [0.1, 0.15) is 22.8 Å². The highest BCUT2D eigenvalue weighted by Crippen LogP contribution is 2.41. The molecule has 2 aromatic rings. The molecule has 0 saturated carbocycles. The molecule has 0 radical (unpaired) electrons. The number of methoxy groups -OCH3 is 2. The molecular formula is C18H18Cl2N2O5. The van der Waals surface area contributed by atoms with Crippen molar-refractivity contribution in [2.75, 3.05) is 14.2 Å². The zero-order valence-electron chi connectivity index (χ0n) is 14.9. The van der Waals surface area contributed by atoms with Gasteiger partial charge in [-0.3, -0.25) is 14.6 Å². The number of benzene rings is 1. The first-order valence-corrected chi connectivity index (χ1v) is 8.57. The third kappa shape index (κ3) is 4.61. The molecule has 9 heteroatoms. The molecule has 1 atom stereocenters. The number of carbonyl (C=O) groups is 2. The first-order valence-electron chi connectivity index (χ1n) is 7.82. The second-order valence-corrected chi connectivity index (χ2v) is 6.34. The number of rotatable bonds is 8. The van der Waals surface area contributed by atoms with Gasteiger partial charge in [0.05, 0.1) is 29.8 Å². The normalized spacial score (nSPS) is 11.6. The van der Waals surface area contributed by atoms with Gasteiger partial charge in [0.25, 0.3) is 5.91 Å². The second-order valence-electron chi connectivity index (χ2n) is 5.52. The third-order valence-corrected chi connectivity index (χ3v) is 4.44.